The zero-order chi connectivity index (χ0) is 19.9. The largest absolute Gasteiger partial charge is 0.494 e. The minimum atomic E-state index is -0.0779. The number of nitrogens with one attached hydrogen (secondary N) is 1. The molecule has 2 aromatic rings. The molecule has 0 radical (unpaired) electrons. The first-order valence-corrected chi connectivity index (χ1v) is 9.63. The number of aryl methyl sites for hydroxylation is 1. The molecule has 0 saturated heterocycles. The van der Waals surface area contributed by atoms with Gasteiger partial charge in [-0.2, -0.15) is 0 Å². The summed E-state index contributed by atoms with van der Waals surface area (Å²) in [4.78, 5) is 25.7. The van der Waals surface area contributed by atoms with Crippen molar-refractivity contribution in [2.75, 3.05) is 30.0 Å². The van der Waals surface area contributed by atoms with Gasteiger partial charge >= 0.3 is 0 Å². The third kappa shape index (κ3) is 5.03. The molecule has 1 N–H and O–H groups in total. The Morgan fingerprint density at radius 3 is 2.71 bits per heavy atom. The normalized spacial score (nSPS) is 12.9. The van der Waals surface area contributed by atoms with Crippen LogP contribution in [0, 0.1) is 6.92 Å². The Balaban J connectivity index is 1.56. The highest BCUT2D eigenvalue weighted by molar-refractivity contribution is 5.99. The maximum atomic E-state index is 12.3. The molecule has 0 atom stereocenters. The Morgan fingerprint density at radius 1 is 1.18 bits per heavy atom. The second-order valence-corrected chi connectivity index (χ2v) is 6.79. The zero-order valence-corrected chi connectivity index (χ0v) is 16.4. The van der Waals surface area contributed by atoms with Crippen molar-refractivity contribution in [3.05, 3.63) is 48.0 Å². The number of unbranched alkanes of at least 4 members (excludes halogenated alkanes) is 1. The first kappa shape index (κ1) is 19.7. The van der Waals surface area contributed by atoms with E-state index in [0.29, 0.717) is 36.7 Å². The molecule has 0 bridgehead atoms. The molecule has 28 heavy (non-hydrogen) atoms. The van der Waals surface area contributed by atoms with Gasteiger partial charge in [-0.05, 0) is 50.1 Å². The van der Waals surface area contributed by atoms with Crippen LogP contribution in [0.15, 0.2) is 42.5 Å². The summed E-state index contributed by atoms with van der Waals surface area (Å²) in [6.07, 6.45) is 2.04. The van der Waals surface area contributed by atoms with Gasteiger partial charge in [0.05, 0.1) is 12.3 Å². The van der Waals surface area contributed by atoms with E-state index < -0.39 is 0 Å². The fourth-order valence-corrected chi connectivity index (χ4v) is 2.97. The summed E-state index contributed by atoms with van der Waals surface area (Å²) in [5, 5.41) is 2.82. The van der Waals surface area contributed by atoms with E-state index in [1.807, 2.05) is 31.2 Å². The molecule has 2 amide bonds. The quantitative estimate of drug-likeness (QED) is 0.703. The average molecular weight is 382 g/mol. The summed E-state index contributed by atoms with van der Waals surface area (Å²) in [6, 6.07) is 13.3. The number of carbonyl (C=O) groups is 2. The van der Waals surface area contributed by atoms with Gasteiger partial charge in [-0.3, -0.25) is 9.59 Å². The molecular formula is C22H26N2O4. The van der Waals surface area contributed by atoms with Crippen LogP contribution in [-0.4, -0.2) is 31.6 Å². The number of hydrogen-bond donors (Lipinski definition) is 1. The lowest BCUT2D eigenvalue weighted by Crippen LogP contribution is -2.39. The second kappa shape index (κ2) is 9.26. The third-order valence-electron chi connectivity index (χ3n) is 4.57. The summed E-state index contributed by atoms with van der Waals surface area (Å²) in [7, 11) is 0. The van der Waals surface area contributed by atoms with Gasteiger partial charge < -0.3 is 19.7 Å². The summed E-state index contributed by atoms with van der Waals surface area (Å²) in [5.41, 5.74) is 2.56. The molecule has 0 aliphatic carbocycles. The molecule has 148 valence electrons. The van der Waals surface area contributed by atoms with E-state index >= 15 is 0 Å². The first-order valence-electron chi connectivity index (χ1n) is 9.63. The summed E-state index contributed by atoms with van der Waals surface area (Å²) in [6.45, 7) is 5.05. The number of benzene rings is 2. The van der Waals surface area contributed by atoms with E-state index in [4.69, 9.17) is 9.47 Å². The fraction of sp³-hybridized carbons (Fsp3) is 0.364. The Morgan fingerprint density at radius 2 is 1.96 bits per heavy atom. The number of nitrogens with zero attached hydrogens (tertiary/aromatic N) is 1. The number of hydrogen-bond acceptors (Lipinski definition) is 4. The van der Waals surface area contributed by atoms with E-state index in [-0.39, 0.29) is 18.4 Å². The van der Waals surface area contributed by atoms with E-state index in [2.05, 4.69) is 5.32 Å². The lowest BCUT2D eigenvalue weighted by molar-refractivity contribution is -0.121. The third-order valence-corrected chi connectivity index (χ3v) is 4.57. The van der Waals surface area contributed by atoms with Crippen LogP contribution in [0.3, 0.4) is 0 Å². The smallest absolute Gasteiger partial charge is 0.265 e. The Bertz CT molecular complexity index is 833. The summed E-state index contributed by atoms with van der Waals surface area (Å²) < 4.78 is 11.3. The number of anilines is 2. The molecule has 2 aromatic carbocycles. The maximum Gasteiger partial charge on any atom is 0.265 e. The molecule has 3 rings (SSSR count). The van der Waals surface area contributed by atoms with Gasteiger partial charge in [0, 0.05) is 18.7 Å². The highest BCUT2D eigenvalue weighted by Crippen LogP contribution is 2.34. The lowest BCUT2D eigenvalue weighted by Gasteiger charge is -2.30. The SMILES string of the molecule is CCC(=O)Nc1ccc2c(c1)N(CCCCOc1ccc(C)cc1)C(=O)CO2. The van der Waals surface area contributed by atoms with Crippen LogP contribution in [0.4, 0.5) is 11.4 Å². The average Bonchev–Trinajstić information content (AvgIpc) is 2.70. The van der Waals surface area contributed by atoms with Crippen molar-refractivity contribution in [1.29, 1.82) is 0 Å². The fourth-order valence-electron chi connectivity index (χ4n) is 2.97. The van der Waals surface area contributed by atoms with Crippen LogP contribution >= 0.6 is 0 Å². The maximum absolute atomic E-state index is 12.3. The Labute approximate surface area is 165 Å². The van der Waals surface area contributed by atoms with Crippen LogP contribution in [0.25, 0.3) is 0 Å². The molecule has 0 spiro atoms. The van der Waals surface area contributed by atoms with Crippen LogP contribution in [0.5, 0.6) is 11.5 Å². The van der Waals surface area contributed by atoms with Gasteiger partial charge in [-0.1, -0.05) is 24.6 Å². The first-order chi connectivity index (χ1) is 13.6. The Kier molecular flexibility index (Phi) is 6.53. The van der Waals surface area contributed by atoms with Crippen molar-refractivity contribution in [2.45, 2.75) is 33.1 Å². The lowest BCUT2D eigenvalue weighted by atomic mass is 10.2. The molecule has 1 aliphatic rings. The molecule has 6 nitrogen and oxygen atoms in total. The van der Waals surface area contributed by atoms with Crippen LogP contribution in [0.1, 0.15) is 31.7 Å². The Hall–Kier alpha value is -3.02. The predicted molar refractivity (Wildman–Crippen MR) is 109 cm³/mol. The van der Waals surface area contributed by atoms with Crippen LogP contribution < -0.4 is 19.7 Å². The number of rotatable bonds is 8. The standard InChI is InChI=1S/C22H26N2O4/c1-3-21(25)23-17-8-11-20-19(14-17)24(22(26)15-28-20)12-4-5-13-27-18-9-6-16(2)7-10-18/h6-11,14H,3-5,12-13,15H2,1-2H3,(H,23,25). The minimum absolute atomic E-state index is 0.0353. The van der Waals surface area contributed by atoms with Gasteiger partial charge in [0.25, 0.3) is 5.91 Å². The number of fused-ring (bicyclic) bond motifs is 1. The van der Waals surface area contributed by atoms with E-state index in [1.54, 1.807) is 30.0 Å². The molecule has 6 heteroatoms. The number of amides is 2. The van der Waals surface area contributed by atoms with Crippen molar-refractivity contribution in [1.82, 2.24) is 0 Å². The molecule has 0 unspecified atom stereocenters. The highest BCUT2D eigenvalue weighted by Gasteiger charge is 2.25. The summed E-state index contributed by atoms with van der Waals surface area (Å²) in [5.74, 6) is 1.37. The molecule has 1 aliphatic heterocycles. The number of carbonyl (C=O) groups excluding carboxylic acids is 2. The van der Waals surface area contributed by atoms with Crippen molar-refractivity contribution >= 4 is 23.2 Å². The van der Waals surface area contributed by atoms with Gasteiger partial charge in [0.1, 0.15) is 11.5 Å². The molecule has 0 fully saturated rings. The van der Waals surface area contributed by atoms with Crippen LogP contribution in [-0.2, 0) is 9.59 Å². The minimum Gasteiger partial charge on any atom is -0.494 e. The molecule has 0 aromatic heterocycles. The van der Waals surface area contributed by atoms with Crippen molar-refractivity contribution in [3.63, 3.8) is 0 Å². The molecular weight excluding hydrogens is 356 g/mol. The topological polar surface area (TPSA) is 67.9 Å². The van der Waals surface area contributed by atoms with Crippen molar-refractivity contribution < 1.29 is 19.1 Å². The predicted octanol–water partition coefficient (Wildman–Crippen LogP) is 3.93. The van der Waals surface area contributed by atoms with E-state index in [9.17, 15) is 9.59 Å². The summed E-state index contributed by atoms with van der Waals surface area (Å²) >= 11 is 0. The van der Waals surface area contributed by atoms with Crippen LogP contribution in [0.2, 0.25) is 0 Å². The van der Waals surface area contributed by atoms with Gasteiger partial charge in [0.15, 0.2) is 6.61 Å². The van der Waals surface area contributed by atoms with Gasteiger partial charge in [-0.15, -0.1) is 0 Å². The van der Waals surface area contributed by atoms with E-state index in [1.165, 1.54) is 5.56 Å². The van der Waals surface area contributed by atoms with Crippen molar-refractivity contribution in [3.8, 4) is 11.5 Å². The van der Waals surface area contributed by atoms with Crippen molar-refractivity contribution in [2.24, 2.45) is 0 Å². The molecule has 0 saturated carbocycles. The monoisotopic (exact) mass is 382 g/mol. The van der Waals surface area contributed by atoms with Gasteiger partial charge in [0.2, 0.25) is 5.91 Å². The zero-order valence-electron chi connectivity index (χ0n) is 16.4. The van der Waals surface area contributed by atoms with E-state index in [0.717, 1.165) is 18.6 Å². The highest BCUT2D eigenvalue weighted by atomic mass is 16.5. The number of ether oxygens (including phenoxy) is 2. The van der Waals surface area contributed by atoms with Gasteiger partial charge in [-0.25, -0.2) is 0 Å². The molecule has 1 heterocycles. The second-order valence-electron chi connectivity index (χ2n) is 6.79.